The third-order valence-corrected chi connectivity index (χ3v) is 8.66. The van der Waals surface area contributed by atoms with E-state index in [0.717, 1.165) is 40.6 Å². The van der Waals surface area contributed by atoms with Gasteiger partial charge in [-0.15, -0.1) is 11.3 Å². The van der Waals surface area contributed by atoms with Gasteiger partial charge in [0, 0.05) is 22.3 Å². The summed E-state index contributed by atoms with van der Waals surface area (Å²) in [5.41, 5.74) is -0.307. The van der Waals surface area contributed by atoms with E-state index in [-0.39, 0.29) is 24.2 Å². The van der Waals surface area contributed by atoms with Crippen LogP contribution in [0.25, 0.3) is 0 Å². The van der Waals surface area contributed by atoms with Crippen LogP contribution in [0.2, 0.25) is 0 Å². The van der Waals surface area contributed by atoms with E-state index in [4.69, 9.17) is 9.47 Å². The van der Waals surface area contributed by atoms with Crippen molar-refractivity contribution in [2.24, 2.45) is 0 Å². The van der Waals surface area contributed by atoms with Gasteiger partial charge in [0.05, 0.1) is 32.0 Å². The zero-order valence-corrected chi connectivity index (χ0v) is 25.5. The van der Waals surface area contributed by atoms with Gasteiger partial charge in [-0.25, -0.2) is 4.79 Å². The molecule has 43 heavy (non-hydrogen) atoms. The van der Waals surface area contributed by atoms with Crippen molar-refractivity contribution in [3.8, 4) is 11.5 Å². The predicted molar refractivity (Wildman–Crippen MR) is 162 cm³/mol. The molecule has 232 valence electrons. The Balaban J connectivity index is 1.56. The smallest absolute Gasteiger partial charge is 0.418 e. The molecular weight excluding hydrogens is 579 g/mol. The molecule has 1 fully saturated rings. The normalized spacial score (nSPS) is 13.8. The molecule has 1 saturated carbocycles. The summed E-state index contributed by atoms with van der Waals surface area (Å²) in [6, 6.07) is 13.5. The molecule has 0 unspecified atom stereocenters. The topological polar surface area (TPSA) is 71.1 Å². The van der Waals surface area contributed by atoms with Crippen molar-refractivity contribution in [1.82, 2.24) is 9.80 Å². The number of hydrogen-bond donors (Lipinski definition) is 1. The highest BCUT2D eigenvalue weighted by Crippen LogP contribution is 2.35. The number of ether oxygens (including phenoxy) is 2. The summed E-state index contributed by atoms with van der Waals surface area (Å²) in [6.07, 6.45) is 0.0828. The van der Waals surface area contributed by atoms with Gasteiger partial charge >= 0.3 is 12.2 Å². The minimum absolute atomic E-state index is 0.235. The first kappa shape index (κ1) is 32.2. The molecule has 0 radical (unpaired) electrons. The average molecular weight is 618 g/mol. The second-order valence-corrected chi connectivity index (χ2v) is 12.0. The summed E-state index contributed by atoms with van der Waals surface area (Å²) in [4.78, 5) is 32.8. The van der Waals surface area contributed by atoms with E-state index < -0.39 is 17.8 Å². The summed E-state index contributed by atoms with van der Waals surface area (Å²) in [5, 5.41) is 2.47. The van der Waals surface area contributed by atoms with E-state index in [1.807, 2.05) is 37.3 Å². The molecule has 1 aliphatic carbocycles. The molecule has 0 atom stereocenters. The third-order valence-electron chi connectivity index (χ3n) is 7.67. The molecule has 0 spiro atoms. The van der Waals surface area contributed by atoms with Gasteiger partial charge in [-0.2, -0.15) is 13.2 Å². The number of anilines is 1. The molecule has 2 aromatic carbocycles. The fourth-order valence-electron chi connectivity index (χ4n) is 5.38. The monoisotopic (exact) mass is 617 g/mol. The van der Waals surface area contributed by atoms with Crippen molar-refractivity contribution in [3.63, 3.8) is 0 Å². The standard InChI is InChI=1S/C32H38F3N3O4S/c1-22-13-15-25(43-22)20-37(18-17-23-14-16-28(41-2)29(19-23)42-3)30(39)21-38(24-9-5-4-6-10-24)31(40)36-27-12-8-7-11-26(27)32(33,34)35/h7-8,11-16,19,24H,4-6,9-10,17-18,20-21H2,1-3H3,(H,36,40). The zero-order chi connectivity index (χ0) is 31.0. The first-order valence-corrected chi connectivity index (χ1v) is 15.2. The zero-order valence-electron chi connectivity index (χ0n) is 24.7. The Labute approximate surface area is 254 Å². The summed E-state index contributed by atoms with van der Waals surface area (Å²) in [6.45, 7) is 2.50. The summed E-state index contributed by atoms with van der Waals surface area (Å²) >= 11 is 1.60. The van der Waals surface area contributed by atoms with Crippen LogP contribution in [-0.2, 0) is 23.9 Å². The Morgan fingerprint density at radius 3 is 2.35 bits per heavy atom. The maximum Gasteiger partial charge on any atom is 0.418 e. The van der Waals surface area contributed by atoms with Crippen molar-refractivity contribution in [2.75, 3.05) is 32.6 Å². The maximum absolute atomic E-state index is 13.9. The van der Waals surface area contributed by atoms with Crippen LogP contribution in [0.3, 0.4) is 0 Å². The molecule has 1 aliphatic rings. The summed E-state index contributed by atoms with van der Waals surface area (Å²) < 4.78 is 51.7. The lowest BCUT2D eigenvalue weighted by Gasteiger charge is -2.35. The van der Waals surface area contributed by atoms with Crippen LogP contribution >= 0.6 is 11.3 Å². The third kappa shape index (κ3) is 8.65. The lowest BCUT2D eigenvalue weighted by atomic mass is 9.94. The number of benzene rings is 2. The van der Waals surface area contributed by atoms with Gasteiger partial charge in [-0.05, 0) is 68.1 Å². The highest BCUT2D eigenvalue weighted by molar-refractivity contribution is 7.11. The molecule has 0 aliphatic heterocycles. The lowest BCUT2D eigenvalue weighted by molar-refractivity contribution is -0.137. The second kappa shape index (κ2) is 14.6. The minimum atomic E-state index is -4.63. The predicted octanol–water partition coefficient (Wildman–Crippen LogP) is 7.53. The number of alkyl halides is 3. The first-order valence-electron chi connectivity index (χ1n) is 14.4. The number of hydrogen-bond acceptors (Lipinski definition) is 5. The highest BCUT2D eigenvalue weighted by Gasteiger charge is 2.35. The Kier molecular flexibility index (Phi) is 11.0. The van der Waals surface area contributed by atoms with Gasteiger partial charge in [-0.1, -0.05) is 37.5 Å². The summed E-state index contributed by atoms with van der Waals surface area (Å²) in [5.74, 6) is 0.928. The molecule has 4 rings (SSSR count). The van der Waals surface area contributed by atoms with Crippen molar-refractivity contribution in [1.29, 1.82) is 0 Å². The molecule has 3 amide bonds. The number of urea groups is 1. The number of rotatable bonds is 11. The van der Waals surface area contributed by atoms with E-state index in [2.05, 4.69) is 5.32 Å². The number of para-hydroxylation sites is 1. The molecule has 11 heteroatoms. The van der Waals surface area contributed by atoms with Crippen LogP contribution < -0.4 is 14.8 Å². The lowest BCUT2D eigenvalue weighted by Crippen LogP contribution is -2.50. The van der Waals surface area contributed by atoms with E-state index in [1.54, 1.807) is 30.5 Å². The van der Waals surface area contributed by atoms with Crippen LogP contribution in [0.5, 0.6) is 11.5 Å². The SMILES string of the molecule is COc1ccc(CCN(Cc2ccc(C)s2)C(=O)CN(C(=O)Nc2ccccc2C(F)(F)F)C2CCCCC2)cc1OC. The number of amides is 3. The van der Waals surface area contributed by atoms with Gasteiger partial charge in [0.25, 0.3) is 0 Å². The number of aryl methyl sites for hydroxylation is 1. The largest absolute Gasteiger partial charge is 0.493 e. The van der Waals surface area contributed by atoms with Crippen LogP contribution in [0.15, 0.2) is 54.6 Å². The molecule has 0 bridgehead atoms. The van der Waals surface area contributed by atoms with Crippen molar-refractivity contribution in [3.05, 3.63) is 75.5 Å². The first-order chi connectivity index (χ1) is 20.6. The Morgan fingerprint density at radius 2 is 1.70 bits per heavy atom. The fraction of sp³-hybridized carbons (Fsp3) is 0.438. The van der Waals surface area contributed by atoms with Crippen LogP contribution in [-0.4, -0.2) is 55.1 Å². The second-order valence-electron chi connectivity index (χ2n) is 10.7. The van der Waals surface area contributed by atoms with Gasteiger partial charge in [0.2, 0.25) is 5.91 Å². The van der Waals surface area contributed by atoms with E-state index in [0.29, 0.717) is 43.9 Å². The number of methoxy groups -OCH3 is 2. The van der Waals surface area contributed by atoms with Gasteiger partial charge in [-0.3, -0.25) is 4.79 Å². The van der Waals surface area contributed by atoms with Gasteiger partial charge < -0.3 is 24.6 Å². The average Bonchev–Trinajstić information content (AvgIpc) is 3.42. The number of nitrogens with zero attached hydrogens (tertiary/aromatic N) is 2. The molecule has 0 saturated heterocycles. The Bertz CT molecular complexity index is 1390. The number of carbonyl (C=O) groups is 2. The van der Waals surface area contributed by atoms with Crippen molar-refractivity contribution < 1.29 is 32.2 Å². The summed E-state index contributed by atoms with van der Waals surface area (Å²) in [7, 11) is 3.13. The molecule has 1 heterocycles. The number of carbonyl (C=O) groups excluding carboxylic acids is 2. The van der Waals surface area contributed by atoms with Gasteiger partial charge in [0.1, 0.15) is 6.54 Å². The van der Waals surface area contributed by atoms with Crippen LogP contribution in [0.1, 0.15) is 53.0 Å². The van der Waals surface area contributed by atoms with Crippen LogP contribution in [0, 0.1) is 6.92 Å². The molecule has 1 N–H and O–H groups in total. The molecule has 7 nitrogen and oxygen atoms in total. The quantitative estimate of drug-likeness (QED) is 0.242. The minimum Gasteiger partial charge on any atom is -0.493 e. The Morgan fingerprint density at radius 1 is 0.977 bits per heavy atom. The maximum atomic E-state index is 13.9. The Hall–Kier alpha value is -3.73. The number of thiophene rings is 1. The van der Waals surface area contributed by atoms with Crippen molar-refractivity contribution >= 4 is 29.0 Å². The molecule has 3 aromatic rings. The van der Waals surface area contributed by atoms with Crippen molar-refractivity contribution in [2.45, 2.75) is 64.2 Å². The highest BCUT2D eigenvalue weighted by atomic mass is 32.1. The van der Waals surface area contributed by atoms with E-state index in [9.17, 15) is 22.8 Å². The molecule has 1 aromatic heterocycles. The van der Waals surface area contributed by atoms with Gasteiger partial charge in [0.15, 0.2) is 11.5 Å². The number of halogens is 3. The van der Waals surface area contributed by atoms with Crippen LogP contribution in [0.4, 0.5) is 23.7 Å². The molecular formula is C32H38F3N3O4S. The number of nitrogens with one attached hydrogen (secondary N) is 1. The fourth-order valence-corrected chi connectivity index (χ4v) is 6.29. The van der Waals surface area contributed by atoms with E-state index in [1.165, 1.54) is 23.1 Å². The van der Waals surface area contributed by atoms with E-state index >= 15 is 0 Å².